The minimum atomic E-state index is -0.943. The van der Waals surface area contributed by atoms with Gasteiger partial charge in [0.05, 0.1) is 23.9 Å². The van der Waals surface area contributed by atoms with Gasteiger partial charge in [0.1, 0.15) is 30.7 Å². The Kier molecular flexibility index (Phi) is 8.42. The molecule has 3 atom stereocenters. The predicted molar refractivity (Wildman–Crippen MR) is 143 cm³/mol. The predicted octanol–water partition coefficient (Wildman–Crippen LogP) is 3.98. The van der Waals surface area contributed by atoms with Crippen molar-refractivity contribution in [2.45, 2.75) is 37.7 Å². The zero-order chi connectivity index (χ0) is 28.2. The number of hydrogen-bond donors (Lipinski definition) is 0. The van der Waals surface area contributed by atoms with Gasteiger partial charge in [-0.05, 0) is 19.0 Å². The molecule has 0 bridgehead atoms. The SMILES string of the molecule is CN1C[C@H](F)C[C@H]1COc1nc(N2CCN(C(=O)OCc3ccccc3)[C@@H](CC#N)C2)c2cnc(Cl)c(F)c2n1. The van der Waals surface area contributed by atoms with Crippen LogP contribution in [0.3, 0.4) is 0 Å². The number of piperazine rings is 1. The molecule has 0 radical (unpaired) electrons. The quantitative estimate of drug-likeness (QED) is 0.389. The molecule has 10 nitrogen and oxygen atoms in total. The summed E-state index contributed by atoms with van der Waals surface area (Å²) in [5.41, 5.74) is 0.787. The zero-order valence-corrected chi connectivity index (χ0v) is 22.6. The van der Waals surface area contributed by atoms with Gasteiger partial charge in [-0.1, -0.05) is 41.9 Å². The number of alkyl halides is 1. The maximum atomic E-state index is 15.0. The number of carbonyl (C=O) groups excluding carboxylic acids is 1. The van der Waals surface area contributed by atoms with Crippen LogP contribution in [0, 0.1) is 17.1 Å². The van der Waals surface area contributed by atoms with Gasteiger partial charge in [-0.25, -0.2) is 18.6 Å². The second-order valence-electron chi connectivity index (χ2n) is 9.89. The molecular formula is C27H28ClF2N7O3. The van der Waals surface area contributed by atoms with E-state index in [9.17, 15) is 14.4 Å². The van der Waals surface area contributed by atoms with Crippen LogP contribution < -0.4 is 9.64 Å². The number of aromatic nitrogens is 3. The van der Waals surface area contributed by atoms with Crippen molar-refractivity contribution in [2.75, 3.05) is 44.7 Å². The number of benzene rings is 1. The Morgan fingerprint density at radius 1 is 1.20 bits per heavy atom. The molecule has 2 aliphatic rings. The van der Waals surface area contributed by atoms with E-state index in [4.69, 9.17) is 21.1 Å². The van der Waals surface area contributed by atoms with Gasteiger partial charge in [-0.2, -0.15) is 15.2 Å². The summed E-state index contributed by atoms with van der Waals surface area (Å²) >= 11 is 5.94. The maximum Gasteiger partial charge on any atom is 0.410 e. The zero-order valence-electron chi connectivity index (χ0n) is 21.8. The van der Waals surface area contributed by atoms with Gasteiger partial charge >= 0.3 is 12.1 Å². The third kappa shape index (κ3) is 6.00. The smallest absolute Gasteiger partial charge is 0.410 e. The van der Waals surface area contributed by atoms with Crippen LogP contribution in [0.4, 0.5) is 19.4 Å². The number of nitrogens with zero attached hydrogens (tertiary/aromatic N) is 7. The number of hydrogen-bond acceptors (Lipinski definition) is 9. The molecule has 0 unspecified atom stereocenters. The number of amides is 1. The van der Waals surface area contributed by atoms with Crippen LogP contribution in [0.2, 0.25) is 5.15 Å². The van der Waals surface area contributed by atoms with Crippen LogP contribution in [0.15, 0.2) is 36.5 Å². The summed E-state index contributed by atoms with van der Waals surface area (Å²) in [6.45, 7) is 1.36. The fourth-order valence-electron chi connectivity index (χ4n) is 5.05. The number of anilines is 1. The van der Waals surface area contributed by atoms with Gasteiger partial charge in [-0.15, -0.1) is 0 Å². The summed E-state index contributed by atoms with van der Waals surface area (Å²) in [6.07, 6.45) is 0.297. The largest absolute Gasteiger partial charge is 0.462 e. The highest BCUT2D eigenvalue weighted by atomic mass is 35.5. The van der Waals surface area contributed by atoms with E-state index in [1.807, 2.05) is 47.2 Å². The monoisotopic (exact) mass is 571 g/mol. The molecule has 0 spiro atoms. The number of carbonyl (C=O) groups is 1. The number of fused-ring (bicyclic) bond motifs is 1. The van der Waals surface area contributed by atoms with Gasteiger partial charge in [-0.3, -0.25) is 4.90 Å². The van der Waals surface area contributed by atoms with E-state index in [1.54, 1.807) is 0 Å². The summed E-state index contributed by atoms with van der Waals surface area (Å²) in [4.78, 5) is 30.9. The third-order valence-corrected chi connectivity index (χ3v) is 7.46. The highest BCUT2D eigenvalue weighted by Gasteiger charge is 2.34. The fourth-order valence-corrected chi connectivity index (χ4v) is 5.19. The molecule has 4 heterocycles. The van der Waals surface area contributed by atoms with E-state index < -0.39 is 24.1 Å². The lowest BCUT2D eigenvalue weighted by Crippen LogP contribution is -2.55. The molecule has 40 heavy (non-hydrogen) atoms. The first-order valence-corrected chi connectivity index (χ1v) is 13.3. The second-order valence-corrected chi connectivity index (χ2v) is 10.2. The van der Waals surface area contributed by atoms with Crippen molar-refractivity contribution >= 4 is 34.4 Å². The maximum absolute atomic E-state index is 15.0. The van der Waals surface area contributed by atoms with Crippen LogP contribution in [-0.2, 0) is 11.3 Å². The molecule has 0 N–H and O–H groups in total. The van der Waals surface area contributed by atoms with Crippen LogP contribution in [0.5, 0.6) is 6.01 Å². The minimum absolute atomic E-state index is 0.0557. The van der Waals surface area contributed by atoms with Gasteiger partial charge in [0.2, 0.25) is 0 Å². The molecule has 210 valence electrons. The van der Waals surface area contributed by atoms with Crippen molar-refractivity contribution in [1.82, 2.24) is 24.8 Å². The van der Waals surface area contributed by atoms with Crippen LogP contribution >= 0.6 is 11.6 Å². The van der Waals surface area contributed by atoms with E-state index in [1.165, 1.54) is 11.1 Å². The molecule has 2 aromatic heterocycles. The Morgan fingerprint density at radius 2 is 2.00 bits per heavy atom. The molecule has 0 aliphatic carbocycles. The molecule has 2 fully saturated rings. The van der Waals surface area contributed by atoms with Crippen molar-refractivity contribution < 1.29 is 23.0 Å². The van der Waals surface area contributed by atoms with E-state index in [-0.39, 0.29) is 55.4 Å². The van der Waals surface area contributed by atoms with Crippen molar-refractivity contribution in [3.05, 3.63) is 53.1 Å². The molecular weight excluding hydrogens is 544 g/mol. The number of pyridine rings is 1. The van der Waals surface area contributed by atoms with E-state index in [0.717, 1.165) is 5.56 Å². The topological polar surface area (TPSA) is 108 Å². The highest BCUT2D eigenvalue weighted by Crippen LogP contribution is 2.32. The Morgan fingerprint density at radius 3 is 2.73 bits per heavy atom. The van der Waals surface area contributed by atoms with Gasteiger partial charge in [0.25, 0.3) is 0 Å². The highest BCUT2D eigenvalue weighted by molar-refractivity contribution is 6.30. The Hall–Kier alpha value is -3.82. The lowest BCUT2D eigenvalue weighted by molar-refractivity contribution is 0.0768. The van der Waals surface area contributed by atoms with Gasteiger partial charge < -0.3 is 19.3 Å². The average molecular weight is 572 g/mol. The van der Waals surface area contributed by atoms with E-state index in [2.05, 4.69) is 21.0 Å². The molecule has 3 aromatic rings. The van der Waals surface area contributed by atoms with Gasteiger partial charge in [0, 0.05) is 38.4 Å². The van der Waals surface area contributed by atoms with Crippen molar-refractivity contribution in [3.63, 3.8) is 0 Å². The van der Waals surface area contributed by atoms with E-state index >= 15 is 4.39 Å². The van der Waals surface area contributed by atoms with Crippen molar-refractivity contribution in [1.29, 1.82) is 5.26 Å². The van der Waals surface area contributed by atoms with E-state index in [0.29, 0.717) is 30.7 Å². The number of likely N-dealkylation sites (tertiary alicyclic amines) is 1. The van der Waals surface area contributed by atoms with Crippen molar-refractivity contribution in [3.8, 4) is 12.1 Å². The number of halogens is 3. The number of likely N-dealkylation sites (N-methyl/N-ethyl adjacent to an activating group) is 1. The third-order valence-electron chi connectivity index (χ3n) is 7.19. The first kappa shape index (κ1) is 27.7. The first-order chi connectivity index (χ1) is 19.3. The Balaban J connectivity index is 1.37. The summed E-state index contributed by atoms with van der Waals surface area (Å²) in [7, 11) is 1.81. The summed E-state index contributed by atoms with van der Waals surface area (Å²) in [6, 6.07) is 10.7. The average Bonchev–Trinajstić information content (AvgIpc) is 3.29. The minimum Gasteiger partial charge on any atom is -0.462 e. The molecule has 13 heteroatoms. The first-order valence-electron chi connectivity index (χ1n) is 12.9. The molecule has 1 amide bonds. The molecule has 2 saturated heterocycles. The number of ether oxygens (including phenoxy) is 2. The summed E-state index contributed by atoms with van der Waals surface area (Å²) in [5, 5.41) is 9.45. The van der Waals surface area contributed by atoms with Gasteiger partial charge in [0.15, 0.2) is 11.0 Å². The Bertz CT molecular complexity index is 1410. The molecule has 5 rings (SSSR count). The molecule has 0 saturated carbocycles. The standard InChI is InChI=1S/C27H28ClF2N7O3/c1-35-13-18(29)11-20(35)16-39-26-33-23-21(12-32-24(28)22(23)30)25(34-26)36-9-10-37(19(14-36)7-8-31)27(38)40-15-17-5-3-2-4-6-17/h2-6,12,18-20H,7,9-11,13-16H2,1H3/t18-,19+,20+/m1/s1. The fraction of sp³-hybridized carbons (Fsp3) is 0.444. The number of nitriles is 1. The number of rotatable bonds is 7. The van der Waals surface area contributed by atoms with Crippen molar-refractivity contribution in [2.24, 2.45) is 0 Å². The molecule has 2 aliphatic heterocycles. The van der Waals surface area contributed by atoms with Crippen LogP contribution in [0.25, 0.3) is 10.9 Å². The Labute approximate surface area is 235 Å². The lowest BCUT2D eigenvalue weighted by Gasteiger charge is -2.40. The second kappa shape index (κ2) is 12.1. The lowest BCUT2D eigenvalue weighted by atomic mass is 10.1. The molecule has 1 aromatic carbocycles. The van der Waals surface area contributed by atoms with Crippen LogP contribution in [0.1, 0.15) is 18.4 Å². The summed E-state index contributed by atoms with van der Waals surface area (Å²) < 4.78 is 40.2. The summed E-state index contributed by atoms with van der Waals surface area (Å²) in [5.74, 6) is -0.474. The van der Waals surface area contributed by atoms with Crippen LogP contribution in [-0.4, -0.2) is 88.9 Å². The normalized spacial score (nSPS) is 21.4.